The topological polar surface area (TPSA) is 73.0 Å². The highest BCUT2D eigenvalue weighted by Crippen LogP contribution is 2.40. The van der Waals surface area contributed by atoms with Gasteiger partial charge in [0.2, 0.25) is 0 Å². The van der Waals surface area contributed by atoms with Crippen LogP contribution < -0.4 is 5.32 Å². The van der Waals surface area contributed by atoms with E-state index in [1.54, 1.807) is 17.4 Å². The number of carbonyl (C=O) groups excluding carboxylic acids is 1. The van der Waals surface area contributed by atoms with Gasteiger partial charge in [-0.2, -0.15) is 5.10 Å². The number of amides is 1. The maximum atomic E-state index is 12.4. The third-order valence-electron chi connectivity index (χ3n) is 4.41. The molecule has 1 amide bonds. The van der Waals surface area contributed by atoms with Gasteiger partial charge in [0.1, 0.15) is 11.8 Å². The molecule has 3 heterocycles. The molecule has 0 saturated heterocycles. The zero-order chi connectivity index (χ0) is 17.4. The zero-order valence-corrected chi connectivity index (χ0v) is 15.0. The summed E-state index contributed by atoms with van der Waals surface area (Å²) in [7, 11) is 0. The highest BCUT2D eigenvalue weighted by Gasteiger charge is 2.29. The molecule has 1 saturated carbocycles. The van der Waals surface area contributed by atoms with E-state index in [2.05, 4.69) is 21.6 Å². The van der Waals surface area contributed by atoms with Gasteiger partial charge in [0.25, 0.3) is 5.91 Å². The quantitative estimate of drug-likeness (QED) is 0.734. The van der Waals surface area contributed by atoms with Crippen molar-refractivity contribution < 1.29 is 9.32 Å². The lowest BCUT2D eigenvalue weighted by atomic mass is 10.2. The second-order valence-electron chi connectivity index (χ2n) is 6.50. The van der Waals surface area contributed by atoms with Crippen LogP contribution in [0, 0.1) is 13.8 Å². The van der Waals surface area contributed by atoms with E-state index in [0.29, 0.717) is 18.2 Å². The van der Waals surface area contributed by atoms with Crippen molar-refractivity contribution in [3.05, 3.63) is 57.4 Å². The monoisotopic (exact) mass is 356 g/mol. The van der Waals surface area contributed by atoms with Gasteiger partial charge < -0.3 is 9.84 Å². The SMILES string of the molecule is Cc1cc(C)n(C(CNC(=O)c2cc(C3CC3)on2)c2cccs2)n1. The Morgan fingerprint density at radius 3 is 2.92 bits per heavy atom. The number of aryl methyl sites for hydroxylation is 2. The highest BCUT2D eigenvalue weighted by molar-refractivity contribution is 7.10. The number of thiophene rings is 1. The molecule has 0 aliphatic heterocycles. The van der Waals surface area contributed by atoms with E-state index < -0.39 is 0 Å². The maximum absolute atomic E-state index is 12.4. The van der Waals surface area contributed by atoms with Gasteiger partial charge in [-0.25, -0.2) is 0 Å². The van der Waals surface area contributed by atoms with Crippen LogP contribution in [0.15, 0.2) is 34.2 Å². The van der Waals surface area contributed by atoms with E-state index in [0.717, 1.165) is 34.9 Å². The van der Waals surface area contributed by atoms with Crippen molar-refractivity contribution in [1.29, 1.82) is 0 Å². The zero-order valence-electron chi connectivity index (χ0n) is 14.2. The Labute approximate surface area is 149 Å². The van der Waals surface area contributed by atoms with Crippen LogP contribution in [-0.2, 0) is 0 Å². The molecule has 25 heavy (non-hydrogen) atoms. The van der Waals surface area contributed by atoms with Gasteiger partial charge in [-0.15, -0.1) is 11.3 Å². The average molecular weight is 356 g/mol. The first-order valence-corrected chi connectivity index (χ1v) is 9.31. The molecule has 4 rings (SSSR count). The van der Waals surface area contributed by atoms with Gasteiger partial charge in [0.15, 0.2) is 5.69 Å². The van der Waals surface area contributed by atoms with Gasteiger partial charge in [-0.1, -0.05) is 11.2 Å². The molecule has 1 aliphatic carbocycles. The van der Waals surface area contributed by atoms with E-state index in [1.807, 2.05) is 36.0 Å². The summed E-state index contributed by atoms with van der Waals surface area (Å²) in [5.41, 5.74) is 2.39. The summed E-state index contributed by atoms with van der Waals surface area (Å²) in [5.74, 6) is 1.06. The van der Waals surface area contributed by atoms with E-state index in [-0.39, 0.29) is 11.9 Å². The van der Waals surface area contributed by atoms with Crippen molar-refractivity contribution in [3.63, 3.8) is 0 Å². The number of nitrogens with zero attached hydrogens (tertiary/aromatic N) is 3. The molecule has 130 valence electrons. The molecule has 1 aliphatic rings. The molecule has 1 N–H and O–H groups in total. The summed E-state index contributed by atoms with van der Waals surface area (Å²) in [4.78, 5) is 13.6. The largest absolute Gasteiger partial charge is 0.360 e. The minimum atomic E-state index is -0.210. The lowest BCUT2D eigenvalue weighted by molar-refractivity contribution is 0.0940. The summed E-state index contributed by atoms with van der Waals surface area (Å²) in [6.07, 6.45) is 2.24. The smallest absolute Gasteiger partial charge is 0.273 e. The Morgan fingerprint density at radius 2 is 2.28 bits per heavy atom. The number of carbonyl (C=O) groups is 1. The molecule has 0 spiro atoms. The highest BCUT2D eigenvalue weighted by atomic mass is 32.1. The number of nitrogens with one attached hydrogen (secondary N) is 1. The normalized spacial score (nSPS) is 15.3. The summed E-state index contributed by atoms with van der Waals surface area (Å²) in [6, 6.07) is 7.85. The van der Waals surface area contributed by atoms with Crippen LogP contribution in [-0.4, -0.2) is 27.4 Å². The summed E-state index contributed by atoms with van der Waals surface area (Å²) < 4.78 is 7.24. The standard InChI is InChI=1S/C18H20N4O2S/c1-11-8-12(2)22(20-11)15(17-4-3-7-25-17)10-19-18(23)14-9-16(24-21-14)13-5-6-13/h3-4,7-9,13,15H,5-6,10H2,1-2H3,(H,19,23). The molecule has 1 unspecified atom stereocenters. The van der Waals surface area contributed by atoms with Crippen molar-refractivity contribution in [2.75, 3.05) is 6.54 Å². The molecule has 1 atom stereocenters. The number of rotatable bonds is 6. The minimum Gasteiger partial charge on any atom is -0.360 e. The Balaban J connectivity index is 1.50. The molecule has 7 heteroatoms. The third kappa shape index (κ3) is 3.37. The van der Waals surface area contributed by atoms with E-state index in [1.165, 1.54) is 0 Å². The number of aromatic nitrogens is 3. The van der Waals surface area contributed by atoms with Crippen molar-refractivity contribution in [3.8, 4) is 0 Å². The first-order valence-electron chi connectivity index (χ1n) is 8.43. The van der Waals surface area contributed by atoms with Gasteiger partial charge >= 0.3 is 0 Å². The lowest BCUT2D eigenvalue weighted by Gasteiger charge is -2.18. The molecule has 6 nitrogen and oxygen atoms in total. The van der Waals surface area contributed by atoms with Gasteiger partial charge in [0.05, 0.1) is 5.69 Å². The fourth-order valence-electron chi connectivity index (χ4n) is 2.99. The molecule has 3 aromatic rings. The van der Waals surface area contributed by atoms with Gasteiger partial charge in [-0.05, 0) is 44.2 Å². The minimum absolute atomic E-state index is 0.0348. The summed E-state index contributed by atoms with van der Waals surface area (Å²) >= 11 is 1.66. The predicted octanol–water partition coefficient (Wildman–Crippen LogP) is 3.45. The van der Waals surface area contributed by atoms with E-state index in [4.69, 9.17) is 4.52 Å². The molecular formula is C18H20N4O2S. The second kappa shape index (κ2) is 6.48. The number of hydrogen-bond acceptors (Lipinski definition) is 5. The summed E-state index contributed by atoms with van der Waals surface area (Å²) in [6.45, 7) is 4.46. The van der Waals surface area contributed by atoms with Gasteiger partial charge in [0, 0.05) is 29.1 Å². The first kappa shape index (κ1) is 16.1. The Bertz CT molecular complexity index is 877. The second-order valence-corrected chi connectivity index (χ2v) is 7.48. The maximum Gasteiger partial charge on any atom is 0.273 e. The van der Waals surface area contributed by atoms with Crippen LogP contribution in [0.2, 0.25) is 0 Å². The molecule has 1 fully saturated rings. The van der Waals surface area contributed by atoms with Crippen LogP contribution in [0.3, 0.4) is 0 Å². The van der Waals surface area contributed by atoms with Crippen LogP contribution in [0.1, 0.15) is 57.3 Å². The number of hydrogen-bond donors (Lipinski definition) is 1. The average Bonchev–Trinajstić information content (AvgIpc) is 3.01. The Hall–Kier alpha value is -2.41. The first-order chi connectivity index (χ1) is 12.1. The Morgan fingerprint density at radius 1 is 1.44 bits per heavy atom. The summed E-state index contributed by atoms with van der Waals surface area (Å²) in [5, 5.41) is 13.5. The van der Waals surface area contributed by atoms with Crippen molar-refractivity contribution in [2.45, 2.75) is 38.6 Å². The van der Waals surface area contributed by atoms with Crippen LogP contribution in [0.4, 0.5) is 0 Å². The fourth-order valence-corrected chi connectivity index (χ4v) is 3.80. The van der Waals surface area contributed by atoms with Crippen LogP contribution >= 0.6 is 11.3 Å². The van der Waals surface area contributed by atoms with Crippen LogP contribution in [0.5, 0.6) is 0 Å². The molecule has 0 aromatic carbocycles. The molecule has 0 radical (unpaired) electrons. The molecule has 3 aromatic heterocycles. The molecular weight excluding hydrogens is 336 g/mol. The third-order valence-corrected chi connectivity index (χ3v) is 5.38. The van der Waals surface area contributed by atoms with E-state index >= 15 is 0 Å². The van der Waals surface area contributed by atoms with Crippen molar-refractivity contribution in [1.82, 2.24) is 20.3 Å². The molecule has 0 bridgehead atoms. The van der Waals surface area contributed by atoms with Crippen LogP contribution in [0.25, 0.3) is 0 Å². The van der Waals surface area contributed by atoms with E-state index in [9.17, 15) is 4.79 Å². The Kier molecular flexibility index (Phi) is 4.17. The van der Waals surface area contributed by atoms with Gasteiger partial charge in [-0.3, -0.25) is 9.48 Å². The van der Waals surface area contributed by atoms with Crippen molar-refractivity contribution in [2.24, 2.45) is 0 Å². The predicted molar refractivity (Wildman–Crippen MR) is 95.0 cm³/mol. The fraction of sp³-hybridized carbons (Fsp3) is 0.389. The van der Waals surface area contributed by atoms with Crippen molar-refractivity contribution >= 4 is 17.2 Å². The lowest BCUT2D eigenvalue weighted by Crippen LogP contribution is -2.32.